The van der Waals surface area contributed by atoms with Gasteiger partial charge in [-0.25, -0.2) is 5.43 Å². The van der Waals surface area contributed by atoms with Gasteiger partial charge in [0, 0.05) is 30.1 Å². The maximum Gasteiger partial charge on any atom is 0.394 e. The second kappa shape index (κ2) is 15.7. The Morgan fingerprint density at radius 3 is 1.66 bits per heavy atom. The van der Waals surface area contributed by atoms with Crippen molar-refractivity contribution >= 4 is 57.9 Å². The molecule has 0 aromatic heterocycles. The number of benzene rings is 3. The first-order valence-corrected chi connectivity index (χ1v) is 12.6. The third-order valence-electron chi connectivity index (χ3n) is 4.65. The Morgan fingerprint density at radius 1 is 0.756 bits per heavy atom. The second-order valence-electron chi connectivity index (χ2n) is 7.48. The highest BCUT2D eigenvalue weighted by atomic mass is 32.3. The molecule has 0 aliphatic carbocycles. The number of nitrogens with zero attached hydrogens (tertiary/aromatic N) is 4. The standard InChI is InChI=1S/C25H20N6O5.H2O4S/c32-25(29-27-18-6-10-20-8-2-4-12-24(20)31(35)36)21-13-15-22(16-14-21)28-26-17-5-9-19-7-1-3-11-23(19)30(33)34;1-5(2,3)4/h1-18,28H,(H,29,32);(H2,1,2,3,4)/b9-5?,10-6+,26-17+,27-18?;. The third kappa shape index (κ3) is 12.2. The van der Waals surface area contributed by atoms with E-state index in [1.54, 1.807) is 72.8 Å². The summed E-state index contributed by atoms with van der Waals surface area (Å²) in [5.41, 5.74) is 7.00. The van der Waals surface area contributed by atoms with Crippen molar-refractivity contribution in [1.29, 1.82) is 0 Å². The van der Waals surface area contributed by atoms with Crippen molar-refractivity contribution < 1.29 is 32.2 Å². The Balaban J connectivity index is 0.00000108. The van der Waals surface area contributed by atoms with E-state index in [4.69, 9.17) is 17.5 Å². The monoisotopic (exact) mass is 582 g/mol. The molecule has 0 atom stereocenters. The van der Waals surface area contributed by atoms with Crippen molar-refractivity contribution in [3.63, 3.8) is 0 Å². The number of nitro benzene ring substituents is 2. The molecule has 0 heterocycles. The van der Waals surface area contributed by atoms with E-state index in [-0.39, 0.29) is 11.4 Å². The molecule has 0 spiro atoms. The van der Waals surface area contributed by atoms with E-state index in [0.29, 0.717) is 22.4 Å². The zero-order valence-corrected chi connectivity index (χ0v) is 21.7. The van der Waals surface area contributed by atoms with Crippen molar-refractivity contribution in [2.75, 3.05) is 5.43 Å². The lowest BCUT2D eigenvalue weighted by molar-refractivity contribution is -0.385. The molecule has 3 aromatic carbocycles. The van der Waals surface area contributed by atoms with Gasteiger partial charge in [-0.3, -0.25) is 39.6 Å². The number of hydrazone groups is 2. The number of hydrogen-bond donors (Lipinski definition) is 4. The van der Waals surface area contributed by atoms with Crippen LogP contribution in [0.2, 0.25) is 0 Å². The number of carbonyl (C=O) groups is 1. The zero-order chi connectivity index (χ0) is 30.3. The molecular weight excluding hydrogens is 560 g/mol. The summed E-state index contributed by atoms with van der Waals surface area (Å²) in [6, 6.07) is 19.1. The molecule has 1 amide bonds. The van der Waals surface area contributed by atoms with Gasteiger partial charge in [0.15, 0.2) is 0 Å². The number of nitro groups is 2. The van der Waals surface area contributed by atoms with Crippen molar-refractivity contribution in [2.24, 2.45) is 10.2 Å². The topological polar surface area (TPSA) is 227 Å². The third-order valence-corrected chi connectivity index (χ3v) is 4.65. The lowest BCUT2D eigenvalue weighted by Gasteiger charge is -2.02. The van der Waals surface area contributed by atoms with E-state index in [0.717, 1.165) is 0 Å². The number of rotatable bonds is 10. The van der Waals surface area contributed by atoms with Crippen LogP contribution in [0.4, 0.5) is 17.1 Å². The van der Waals surface area contributed by atoms with Crippen LogP contribution in [-0.2, 0) is 10.4 Å². The molecule has 0 fully saturated rings. The van der Waals surface area contributed by atoms with Gasteiger partial charge in [-0.2, -0.15) is 18.6 Å². The smallest absolute Gasteiger partial charge is 0.279 e. The number of nitrogens with one attached hydrogen (secondary N) is 2. The average Bonchev–Trinajstić information content (AvgIpc) is 2.92. The first-order chi connectivity index (χ1) is 19.5. The van der Waals surface area contributed by atoms with Crippen LogP contribution < -0.4 is 10.9 Å². The molecule has 41 heavy (non-hydrogen) atoms. The van der Waals surface area contributed by atoms with Crippen LogP contribution in [0.5, 0.6) is 0 Å². The Labute approximate surface area is 233 Å². The van der Waals surface area contributed by atoms with Gasteiger partial charge in [0.2, 0.25) is 0 Å². The van der Waals surface area contributed by atoms with Crippen LogP contribution in [0.25, 0.3) is 12.2 Å². The second-order valence-corrected chi connectivity index (χ2v) is 8.38. The Kier molecular flexibility index (Phi) is 12.1. The fourth-order valence-electron chi connectivity index (χ4n) is 2.94. The maximum atomic E-state index is 12.2. The molecule has 0 bridgehead atoms. The summed E-state index contributed by atoms with van der Waals surface area (Å²) >= 11 is 0. The van der Waals surface area contributed by atoms with Crippen molar-refractivity contribution in [1.82, 2.24) is 5.43 Å². The van der Waals surface area contributed by atoms with Crippen LogP contribution in [0, 0.1) is 20.2 Å². The molecular formula is C25H22N6O9S. The van der Waals surface area contributed by atoms with Gasteiger partial charge < -0.3 is 0 Å². The van der Waals surface area contributed by atoms with Gasteiger partial charge in [-0.05, 0) is 60.7 Å². The SMILES string of the molecule is O=C(NN=C/C=C/c1ccccc1[N+](=O)[O-])c1ccc(N/N=C/C=Cc2ccccc2[N+](=O)[O-])cc1.O=S(=O)(O)O. The van der Waals surface area contributed by atoms with Gasteiger partial charge in [0.1, 0.15) is 0 Å². The molecule has 3 aromatic rings. The normalized spacial score (nSPS) is 11.5. The summed E-state index contributed by atoms with van der Waals surface area (Å²) in [5, 5.41) is 29.8. The van der Waals surface area contributed by atoms with E-state index < -0.39 is 26.2 Å². The fourth-order valence-corrected chi connectivity index (χ4v) is 2.94. The summed E-state index contributed by atoms with van der Waals surface area (Å²) in [5.74, 6) is -0.437. The van der Waals surface area contributed by atoms with E-state index >= 15 is 0 Å². The molecule has 3 rings (SSSR count). The molecule has 0 unspecified atom stereocenters. The van der Waals surface area contributed by atoms with E-state index in [1.165, 1.54) is 36.7 Å². The highest BCUT2D eigenvalue weighted by molar-refractivity contribution is 7.79. The van der Waals surface area contributed by atoms with Crippen LogP contribution >= 0.6 is 0 Å². The van der Waals surface area contributed by atoms with E-state index in [9.17, 15) is 25.0 Å². The van der Waals surface area contributed by atoms with Gasteiger partial charge in [-0.1, -0.05) is 24.3 Å². The maximum absolute atomic E-state index is 12.2. The predicted molar refractivity (Wildman–Crippen MR) is 153 cm³/mol. The highest BCUT2D eigenvalue weighted by Crippen LogP contribution is 2.19. The summed E-state index contributed by atoms with van der Waals surface area (Å²) in [7, 11) is -4.67. The quantitative estimate of drug-likeness (QED) is 0.114. The number of allylic oxidation sites excluding steroid dienone is 2. The first kappa shape index (κ1) is 31.6. The predicted octanol–water partition coefficient (Wildman–Crippen LogP) is 4.39. The summed E-state index contributed by atoms with van der Waals surface area (Å²) in [6.07, 6.45) is 8.91. The van der Waals surface area contributed by atoms with Crippen LogP contribution in [0.1, 0.15) is 21.5 Å². The molecule has 4 N–H and O–H groups in total. The first-order valence-electron chi connectivity index (χ1n) is 11.2. The number of para-hydroxylation sites is 2. The minimum atomic E-state index is -4.67. The van der Waals surface area contributed by atoms with Crippen LogP contribution in [0.3, 0.4) is 0 Å². The number of anilines is 1. The molecule has 0 aliphatic rings. The summed E-state index contributed by atoms with van der Waals surface area (Å²) < 4.78 is 31.6. The van der Waals surface area contributed by atoms with Gasteiger partial charge in [0.25, 0.3) is 17.3 Å². The molecule has 0 saturated heterocycles. The average molecular weight is 583 g/mol. The van der Waals surface area contributed by atoms with Gasteiger partial charge in [0.05, 0.1) is 26.7 Å². The Bertz CT molecular complexity index is 1590. The van der Waals surface area contributed by atoms with Crippen molar-refractivity contribution in [2.45, 2.75) is 0 Å². The van der Waals surface area contributed by atoms with E-state index in [1.807, 2.05) is 0 Å². The number of amides is 1. The van der Waals surface area contributed by atoms with E-state index in [2.05, 4.69) is 21.1 Å². The number of carbonyl (C=O) groups excluding carboxylic acids is 1. The fraction of sp³-hybridized carbons (Fsp3) is 0. The van der Waals surface area contributed by atoms with Crippen LogP contribution in [0.15, 0.2) is 95.2 Å². The Morgan fingerprint density at radius 2 is 1.20 bits per heavy atom. The largest absolute Gasteiger partial charge is 0.394 e. The van der Waals surface area contributed by atoms with Gasteiger partial charge in [-0.15, -0.1) is 0 Å². The van der Waals surface area contributed by atoms with Crippen molar-refractivity contribution in [3.8, 4) is 0 Å². The summed E-state index contributed by atoms with van der Waals surface area (Å²) in [6.45, 7) is 0. The molecule has 15 nitrogen and oxygen atoms in total. The van der Waals surface area contributed by atoms with Crippen molar-refractivity contribution in [3.05, 3.63) is 122 Å². The molecule has 0 radical (unpaired) electrons. The Hall–Kier alpha value is -5.58. The lowest BCUT2D eigenvalue weighted by Crippen LogP contribution is -2.17. The van der Waals surface area contributed by atoms with Gasteiger partial charge >= 0.3 is 10.4 Å². The minimum Gasteiger partial charge on any atom is -0.279 e. The molecule has 0 saturated carbocycles. The molecule has 0 aliphatic heterocycles. The molecule has 16 heteroatoms. The minimum absolute atomic E-state index is 0.00417. The summed E-state index contributed by atoms with van der Waals surface area (Å²) in [4.78, 5) is 33.3. The number of hydrogen-bond acceptors (Lipinski definition) is 10. The highest BCUT2D eigenvalue weighted by Gasteiger charge is 2.09. The van der Waals surface area contributed by atoms with Crippen LogP contribution in [-0.4, -0.2) is 45.7 Å². The molecule has 212 valence electrons. The zero-order valence-electron chi connectivity index (χ0n) is 20.8. The lowest BCUT2D eigenvalue weighted by atomic mass is 10.1.